The summed E-state index contributed by atoms with van der Waals surface area (Å²) < 4.78 is 5.08. The van der Waals surface area contributed by atoms with Gasteiger partial charge in [-0.15, -0.1) is 0 Å². The zero-order chi connectivity index (χ0) is 13.7. The molecule has 1 fully saturated rings. The molecule has 1 aromatic heterocycles. The Balaban J connectivity index is 2.13. The molecule has 0 radical (unpaired) electrons. The van der Waals surface area contributed by atoms with Crippen LogP contribution in [0.25, 0.3) is 0 Å². The first-order valence-corrected chi connectivity index (χ1v) is 6.52. The first kappa shape index (κ1) is 13.3. The Labute approximate surface area is 112 Å². The second-order valence-corrected chi connectivity index (χ2v) is 4.54. The predicted molar refractivity (Wildman–Crippen MR) is 70.5 cm³/mol. The van der Waals surface area contributed by atoms with Crippen LogP contribution in [0.4, 0.5) is 5.69 Å². The predicted octanol–water partition coefficient (Wildman–Crippen LogP) is 1.73. The van der Waals surface area contributed by atoms with E-state index in [9.17, 15) is 4.79 Å². The summed E-state index contributed by atoms with van der Waals surface area (Å²) in [6, 6.07) is 3.86. The number of rotatable bonds is 3. The molecule has 1 aromatic rings. The Morgan fingerprint density at radius 1 is 1.68 bits per heavy atom. The molecule has 19 heavy (non-hydrogen) atoms. The molecule has 0 N–H and O–H groups in total. The van der Waals surface area contributed by atoms with Gasteiger partial charge in [0.05, 0.1) is 30.0 Å². The number of esters is 1. The van der Waals surface area contributed by atoms with Gasteiger partial charge in [0.15, 0.2) is 0 Å². The molecule has 2 rings (SSSR count). The van der Waals surface area contributed by atoms with Gasteiger partial charge >= 0.3 is 5.97 Å². The summed E-state index contributed by atoms with van der Waals surface area (Å²) in [5, 5.41) is 9.11. The minimum Gasteiger partial charge on any atom is -0.466 e. The molecule has 0 spiro atoms. The third-order valence-corrected chi connectivity index (χ3v) is 3.30. The minimum atomic E-state index is -0.144. The van der Waals surface area contributed by atoms with Crippen molar-refractivity contribution >= 4 is 11.7 Å². The highest BCUT2D eigenvalue weighted by Gasteiger charge is 2.27. The number of pyridine rings is 1. The number of piperidine rings is 1. The van der Waals surface area contributed by atoms with Gasteiger partial charge < -0.3 is 9.64 Å². The van der Waals surface area contributed by atoms with Crippen molar-refractivity contribution in [1.29, 1.82) is 5.26 Å². The number of nitriles is 1. The Hall–Kier alpha value is -2.09. The first-order valence-electron chi connectivity index (χ1n) is 6.52. The van der Waals surface area contributed by atoms with E-state index in [1.54, 1.807) is 18.5 Å². The van der Waals surface area contributed by atoms with Crippen molar-refractivity contribution in [2.24, 2.45) is 5.92 Å². The lowest BCUT2D eigenvalue weighted by Crippen LogP contribution is -2.39. The van der Waals surface area contributed by atoms with Crippen LogP contribution in [0.1, 0.15) is 25.3 Å². The van der Waals surface area contributed by atoms with Gasteiger partial charge in [-0.25, -0.2) is 0 Å². The number of carbonyl (C=O) groups excluding carboxylic acids is 1. The van der Waals surface area contributed by atoms with Gasteiger partial charge in [-0.1, -0.05) is 0 Å². The molecule has 100 valence electrons. The second kappa shape index (κ2) is 6.19. The number of nitrogens with zero attached hydrogens (tertiary/aromatic N) is 3. The second-order valence-electron chi connectivity index (χ2n) is 4.54. The van der Waals surface area contributed by atoms with Gasteiger partial charge in [0.25, 0.3) is 0 Å². The Kier molecular flexibility index (Phi) is 4.35. The lowest BCUT2D eigenvalue weighted by atomic mass is 9.97. The van der Waals surface area contributed by atoms with Gasteiger partial charge in [0, 0.05) is 19.3 Å². The molecule has 1 aliphatic heterocycles. The van der Waals surface area contributed by atoms with Gasteiger partial charge in [-0.2, -0.15) is 5.26 Å². The summed E-state index contributed by atoms with van der Waals surface area (Å²) >= 11 is 0. The zero-order valence-corrected chi connectivity index (χ0v) is 11.0. The van der Waals surface area contributed by atoms with Crippen LogP contribution in [-0.4, -0.2) is 30.6 Å². The zero-order valence-electron chi connectivity index (χ0n) is 11.0. The molecule has 1 unspecified atom stereocenters. The van der Waals surface area contributed by atoms with E-state index in [4.69, 9.17) is 10.00 Å². The fourth-order valence-electron chi connectivity index (χ4n) is 2.38. The summed E-state index contributed by atoms with van der Waals surface area (Å²) in [5.41, 5.74) is 1.40. The van der Waals surface area contributed by atoms with E-state index in [-0.39, 0.29) is 11.9 Å². The van der Waals surface area contributed by atoms with E-state index in [0.717, 1.165) is 25.1 Å². The van der Waals surface area contributed by atoms with E-state index in [1.165, 1.54) is 0 Å². The summed E-state index contributed by atoms with van der Waals surface area (Å²) in [5.74, 6) is -0.255. The Morgan fingerprint density at radius 2 is 2.53 bits per heavy atom. The largest absolute Gasteiger partial charge is 0.466 e. The maximum absolute atomic E-state index is 11.8. The third kappa shape index (κ3) is 3.02. The maximum Gasteiger partial charge on any atom is 0.310 e. The highest BCUT2D eigenvalue weighted by Crippen LogP contribution is 2.25. The van der Waals surface area contributed by atoms with Crippen LogP contribution < -0.4 is 4.90 Å². The molecule has 5 nitrogen and oxygen atoms in total. The average Bonchev–Trinajstić information content (AvgIpc) is 2.47. The van der Waals surface area contributed by atoms with Crippen LogP contribution in [0.15, 0.2) is 18.5 Å². The van der Waals surface area contributed by atoms with Crippen LogP contribution >= 0.6 is 0 Å². The molecule has 0 amide bonds. The smallest absolute Gasteiger partial charge is 0.310 e. The molecule has 1 aliphatic rings. The van der Waals surface area contributed by atoms with Crippen molar-refractivity contribution in [3.63, 3.8) is 0 Å². The number of carbonyl (C=O) groups is 1. The Bertz CT molecular complexity index is 496. The molecular weight excluding hydrogens is 242 g/mol. The monoisotopic (exact) mass is 259 g/mol. The number of aromatic nitrogens is 1. The van der Waals surface area contributed by atoms with Crippen LogP contribution in [0.3, 0.4) is 0 Å². The normalized spacial score (nSPS) is 18.7. The number of anilines is 1. The van der Waals surface area contributed by atoms with Crippen molar-refractivity contribution < 1.29 is 9.53 Å². The number of hydrogen-bond acceptors (Lipinski definition) is 5. The van der Waals surface area contributed by atoms with E-state index in [2.05, 4.69) is 16.0 Å². The molecule has 1 atom stereocenters. The lowest BCUT2D eigenvalue weighted by molar-refractivity contribution is -0.148. The molecule has 0 saturated carbocycles. The van der Waals surface area contributed by atoms with Crippen LogP contribution in [-0.2, 0) is 9.53 Å². The summed E-state index contributed by atoms with van der Waals surface area (Å²) in [6.07, 6.45) is 5.06. The third-order valence-electron chi connectivity index (χ3n) is 3.30. The first-order chi connectivity index (χ1) is 9.26. The van der Waals surface area contributed by atoms with Crippen molar-refractivity contribution in [3.8, 4) is 6.07 Å². The molecule has 1 saturated heterocycles. The van der Waals surface area contributed by atoms with Gasteiger partial charge in [-0.3, -0.25) is 9.78 Å². The fraction of sp³-hybridized carbons (Fsp3) is 0.500. The highest BCUT2D eigenvalue weighted by atomic mass is 16.5. The van der Waals surface area contributed by atoms with E-state index >= 15 is 0 Å². The van der Waals surface area contributed by atoms with Crippen molar-refractivity contribution in [3.05, 3.63) is 24.0 Å². The molecule has 0 aromatic carbocycles. The highest BCUT2D eigenvalue weighted by molar-refractivity contribution is 5.74. The van der Waals surface area contributed by atoms with Crippen LogP contribution in [0.2, 0.25) is 0 Å². The fourth-order valence-corrected chi connectivity index (χ4v) is 2.38. The van der Waals surface area contributed by atoms with Crippen LogP contribution in [0, 0.1) is 17.2 Å². The average molecular weight is 259 g/mol. The van der Waals surface area contributed by atoms with Gasteiger partial charge in [0.2, 0.25) is 0 Å². The van der Waals surface area contributed by atoms with E-state index < -0.39 is 0 Å². The summed E-state index contributed by atoms with van der Waals surface area (Å²) in [6.45, 7) is 3.66. The summed E-state index contributed by atoms with van der Waals surface area (Å²) in [4.78, 5) is 17.9. The molecule has 0 bridgehead atoms. The van der Waals surface area contributed by atoms with E-state index in [0.29, 0.717) is 18.7 Å². The molecular formula is C14H17N3O2. The standard InChI is InChI=1S/C14H17N3O2/c1-2-19-14(18)12-4-3-7-17(10-12)13-9-16-6-5-11(13)8-15/h5-6,9,12H,2-4,7,10H2,1H3. The molecule has 0 aliphatic carbocycles. The topological polar surface area (TPSA) is 66.2 Å². The lowest BCUT2D eigenvalue weighted by Gasteiger charge is -2.33. The SMILES string of the molecule is CCOC(=O)C1CCCN(c2cnccc2C#N)C1. The van der Waals surface area contributed by atoms with Gasteiger partial charge in [-0.05, 0) is 25.8 Å². The van der Waals surface area contributed by atoms with Gasteiger partial charge in [0.1, 0.15) is 6.07 Å². The summed E-state index contributed by atoms with van der Waals surface area (Å²) in [7, 11) is 0. The van der Waals surface area contributed by atoms with Crippen molar-refractivity contribution in [2.45, 2.75) is 19.8 Å². The number of ether oxygens (including phenoxy) is 1. The molecule has 5 heteroatoms. The maximum atomic E-state index is 11.8. The molecule has 2 heterocycles. The number of hydrogen-bond donors (Lipinski definition) is 0. The quantitative estimate of drug-likeness (QED) is 0.773. The Morgan fingerprint density at radius 3 is 3.26 bits per heavy atom. The van der Waals surface area contributed by atoms with Crippen molar-refractivity contribution in [1.82, 2.24) is 4.98 Å². The van der Waals surface area contributed by atoms with Crippen molar-refractivity contribution in [2.75, 3.05) is 24.6 Å². The minimum absolute atomic E-state index is 0.111. The van der Waals surface area contributed by atoms with Crippen LogP contribution in [0.5, 0.6) is 0 Å². The van der Waals surface area contributed by atoms with E-state index in [1.807, 2.05) is 6.92 Å².